The van der Waals surface area contributed by atoms with Gasteiger partial charge in [-0.2, -0.15) is 0 Å². The number of alkyl halides is 1. The topological polar surface area (TPSA) is 9.23 Å². The van der Waals surface area contributed by atoms with E-state index in [0.717, 1.165) is 16.9 Å². The normalized spacial score (nSPS) is 12.2. The van der Waals surface area contributed by atoms with Crippen LogP contribution in [0.3, 0.4) is 0 Å². The maximum absolute atomic E-state index is 12.9. The van der Waals surface area contributed by atoms with Crippen molar-refractivity contribution >= 4 is 15.9 Å². The number of hydrogen-bond donors (Lipinski definition) is 0. The molecule has 0 saturated heterocycles. The second kappa shape index (κ2) is 6.01. The molecule has 2 aromatic rings. The first-order valence-electron chi connectivity index (χ1n) is 5.83. The van der Waals surface area contributed by atoms with E-state index in [2.05, 4.69) is 15.9 Å². The average Bonchev–Trinajstić information content (AvgIpc) is 2.40. The Morgan fingerprint density at radius 2 is 1.50 bits per heavy atom. The molecule has 94 valence electrons. The van der Waals surface area contributed by atoms with Crippen molar-refractivity contribution in [2.75, 3.05) is 6.61 Å². The van der Waals surface area contributed by atoms with Crippen LogP contribution in [0.2, 0.25) is 0 Å². The summed E-state index contributed by atoms with van der Waals surface area (Å²) in [5.41, 5.74) is 2.14. The van der Waals surface area contributed by atoms with E-state index in [0.29, 0.717) is 6.61 Å². The molecular formula is C15H14BrFO. The summed E-state index contributed by atoms with van der Waals surface area (Å²) in [6.45, 7) is 2.62. The van der Waals surface area contributed by atoms with Gasteiger partial charge in [0.15, 0.2) is 0 Å². The van der Waals surface area contributed by atoms with Gasteiger partial charge in [0, 0.05) is 0 Å². The van der Waals surface area contributed by atoms with Crippen molar-refractivity contribution in [3.63, 3.8) is 0 Å². The van der Waals surface area contributed by atoms with Gasteiger partial charge in [0.05, 0.1) is 11.4 Å². The Morgan fingerprint density at radius 1 is 1.00 bits per heavy atom. The summed E-state index contributed by atoms with van der Waals surface area (Å²) in [5.74, 6) is 0.644. The minimum absolute atomic E-state index is 0.0637. The van der Waals surface area contributed by atoms with Crippen LogP contribution >= 0.6 is 15.9 Å². The summed E-state index contributed by atoms with van der Waals surface area (Å²) in [6, 6.07) is 14.4. The number of hydrogen-bond acceptors (Lipinski definition) is 1. The van der Waals surface area contributed by atoms with Crippen LogP contribution < -0.4 is 4.74 Å². The standard InChI is InChI=1S/C15H14BrFO/c1-2-18-14-9-5-12(6-10-14)15(16)11-3-7-13(17)8-4-11/h3-10,15H,2H2,1H3. The van der Waals surface area contributed by atoms with Gasteiger partial charge in [-0.25, -0.2) is 4.39 Å². The van der Waals surface area contributed by atoms with Gasteiger partial charge in [-0.15, -0.1) is 0 Å². The average molecular weight is 309 g/mol. The summed E-state index contributed by atoms with van der Waals surface area (Å²) < 4.78 is 18.3. The lowest BCUT2D eigenvalue weighted by Gasteiger charge is -2.11. The molecule has 1 nitrogen and oxygen atoms in total. The SMILES string of the molecule is CCOc1ccc(C(Br)c2ccc(F)cc2)cc1. The molecule has 1 atom stereocenters. The summed E-state index contributed by atoms with van der Waals surface area (Å²) in [4.78, 5) is 0.0637. The van der Waals surface area contributed by atoms with Crippen LogP contribution in [0.4, 0.5) is 4.39 Å². The van der Waals surface area contributed by atoms with Gasteiger partial charge in [-0.05, 0) is 42.3 Å². The summed E-state index contributed by atoms with van der Waals surface area (Å²) in [7, 11) is 0. The highest BCUT2D eigenvalue weighted by Gasteiger charge is 2.10. The third kappa shape index (κ3) is 3.10. The molecule has 3 heteroatoms. The molecule has 0 N–H and O–H groups in total. The Morgan fingerprint density at radius 3 is 2.00 bits per heavy atom. The molecule has 0 aliphatic rings. The maximum atomic E-state index is 12.9. The number of ether oxygens (including phenoxy) is 1. The van der Waals surface area contributed by atoms with E-state index in [9.17, 15) is 4.39 Å². The first kappa shape index (κ1) is 13.1. The van der Waals surface area contributed by atoms with E-state index in [1.807, 2.05) is 31.2 Å². The highest BCUT2D eigenvalue weighted by Crippen LogP contribution is 2.31. The Bertz CT molecular complexity index is 493. The molecule has 2 rings (SSSR count). The van der Waals surface area contributed by atoms with Crippen molar-refractivity contribution in [3.8, 4) is 5.75 Å². The summed E-state index contributed by atoms with van der Waals surface area (Å²) in [6.07, 6.45) is 0. The molecule has 0 fully saturated rings. The Kier molecular flexibility index (Phi) is 4.37. The van der Waals surface area contributed by atoms with Crippen LogP contribution in [0.25, 0.3) is 0 Å². The third-order valence-electron chi connectivity index (χ3n) is 2.65. The smallest absolute Gasteiger partial charge is 0.123 e. The highest BCUT2D eigenvalue weighted by molar-refractivity contribution is 9.09. The van der Waals surface area contributed by atoms with Crippen molar-refractivity contribution in [1.29, 1.82) is 0 Å². The number of benzene rings is 2. The van der Waals surface area contributed by atoms with Crippen LogP contribution in [0, 0.1) is 5.82 Å². The lowest BCUT2D eigenvalue weighted by Crippen LogP contribution is -1.95. The predicted octanol–water partition coefficient (Wildman–Crippen LogP) is 4.71. The quantitative estimate of drug-likeness (QED) is 0.743. The first-order valence-corrected chi connectivity index (χ1v) is 6.74. The molecule has 0 aromatic heterocycles. The van der Waals surface area contributed by atoms with Crippen LogP contribution in [0.1, 0.15) is 22.9 Å². The van der Waals surface area contributed by atoms with E-state index >= 15 is 0 Å². The molecule has 0 spiro atoms. The molecule has 0 aliphatic carbocycles. The molecule has 0 amide bonds. The summed E-state index contributed by atoms with van der Waals surface area (Å²) >= 11 is 3.62. The number of halogens is 2. The fraction of sp³-hybridized carbons (Fsp3) is 0.200. The predicted molar refractivity (Wildman–Crippen MR) is 74.8 cm³/mol. The zero-order valence-corrected chi connectivity index (χ0v) is 11.7. The van der Waals surface area contributed by atoms with Crippen LogP contribution in [-0.2, 0) is 0 Å². The van der Waals surface area contributed by atoms with Gasteiger partial charge in [0.1, 0.15) is 11.6 Å². The van der Waals surface area contributed by atoms with Gasteiger partial charge >= 0.3 is 0 Å². The zero-order valence-electron chi connectivity index (χ0n) is 10.1. The fourth-order valence-electron chi connectivity index (χ4n) is 1.72. The van der Waals surface area contributed by atoms with Crippen LogP contribution in [-0.4, -0.2) is 6.61 Å². The van der Waals surface area contributed by atoms with E-state index in [-0.39, 0.29) is 10.6 Å². The van der Waals surface area contributed by atoms with Crippen molar-refractivity contribution < 1.29 is 9.13 Å². The van der Waals surface area contributed by atoms with Crippen molar-refractivity contribution in [1.82, 2.24) is 0 Å². The van der Waals surface area contributed by atoms with E-state index in [1.165, 1.54) is 12.1 Å². The second-order valence-electron chi connectivity index (χ2n) is 3.92. The molecule has 0 heterocycles. The van der Waals surface area contributed by atoms with E-state index < -0.39 is 0 Å². The van der Waals surface area contributed by atoms with Gasteiger partial charge in [-0.1, -0.05) is 40.2 Å². The van der Waals surface area contributed by atoms with Gasteiger partial charge in [-0.3, -0.25) is 0 Å². The fourth-order valence-corrected chi connectivity index (χ4v) is 2.33. The summed E-state index contributed by atoms with van der Waals surface area (Å²) in [5, 5.41) is 0. The first-order chi connectivity index (χ1) is 8.70. The van der Waals surface area contributed by atoms with Gasteiger partial charge < -0.3 is 4.74 Å². The molecule has 0 saturated carbocycles. The minimum atomic E-state index is -0.217. The van der Waals surface area contributed by atoms with Gasteiger partial charge in [0.25, 0.3) is 0 Å². The van der Waals surface area contributed by atoms with Crippen LogP contribution in [0.15, 0.2) is 48.5 Å². The Balaban J connectivity index is 2.17. The number of rotatable bonds is 4. The van der Waals surface area contributed by atoms with Crippen LogP contribution in [0.5, 0.6) is 5.75 Å². The minimum Gasteiger partial charge on any atom is -0.494 e. The van der Waals surface area contributed by atoms with Gasteiger partial charge in [0.2, 0.25) is 0 Å². The molecule has 18 heavy (non-hydrogen) atoms. The largest absolute Gasteiger partial charge is 0.494 e. The van der Waals surface area contributed by atoms with Crippen molar-refractivity contribution in [2.24, 2.45) is 0 Å². The van der Waals surface area contributed by atoms with Crippen molar-refractivity contribution in [3.05, 3.63) is 65.5 Å². The molecule has 2 aromatic carbocycles. The zero-order chi connectivity index (χ0) is 13.0. The van der Waals surface area contributed by atoms with E-state index in [4.69, 9.17) is 4.74 Å². The van der Waals surface area contributed by atoms with Crippen molar-refractivity contribution in [2.45, 2.75) is 11.8 Å². The maximum Gasteiger partial charge on any atom is 0.123 e. The highest BCUT2D eigenvalue weighted by atomic mass is 79.9. The molecular weight excluding hydrogens is 295 g/mol. The Labute approximate surface area is 115 Å². The molecule has 0 radical (unpaired) electrons. The molecule has 0 aliphatic heterocycles. The Hall–Kier alpha value is -1.35. The third-order valence-corrected chi connectivity index (χ3v) is 3.70. The molecule has 0 bridgehead atoms. The van der Waals surface area contributed by atoms with E-state index in [1.54, 1.807) is 12.1 Å². The molecule has 1 unspecified atom stereocenters. The monoisotopic (exact) mass is 308 g/mol. The second-order valence-corrected chi connectivity index (χ2v) is 4.83. The lowest BCUT2D eigenvalue weighted by molar-refractivity contribution is 0.340. The lowest BCUT2D eigenvalue weighted by atomic mass is 10.0.